The van der Waals surface area contributed by atoms with Crippen molar-refractivity contribution >= 4 is 0 Å². The van der Waals surface area contributed by atoms with Gasteiger partial charge in [-0.05, 0) is 77.8 Å². The molecule has 4 rings (SSSR count). The van der Waals surface area contributed by atoms with E-state index in [1.165, 1.54) is 72.8 Å². The molecule has 0 bridgehead atoms. The molecule has 0 radical (unpaired) electrons. The Hall–Kier alpha value is -2.07. The van der Waals surface area contributed by atoms with Gasteiger partial charge in [0, 0.05) is 0 Å². The molecule has 2 aliphatic rings. The van der Waals surface area contributed by atoms with E-state index in [-0.39, 0.29) is 0 Å². The van der Waals surface area contributed by atoms with Crippen LogP contribution in [0.5, 0.6) is 0 Å². The van der Waals surface area contributed by atoms with Crippen molar-refractivity contribution in [2.24, 2.45) is 0 Å². The van der Waals surface area contributed by atoms with E-state index in [1.54, 1.807) is 0 Å². The lowest BCUT2D eigenvalue weighted by Crippen LogP contribution is -2.15. The molecule has 2 aliphatic carbocycles. The Bertz CT molecular complexity index is 791. The number of rotatable bonds is 2. The quantitative estimate of drug-likeness (QED) is 0.600. The van der Waals surface area contributed by atoms with Crippen molar-refractivity contribution < 1.29 is 0 Å². The molecule has 0 amide bonds. The van der Waals surface area contributed by atoms with Gasteiger partial charge >= 0.3 is 0 Å². The minimum atomic E-state index is 0.504. The Morgan fingerprint density at radius 2 is 1.72 bits per heavy atom. The summed E-state index contributed by atoms with van der Waals surface area (Å²) in [6, 6.07) is 15.8. The van der Waals surface area contributed by atoms with E-state index in [1.807, 2.05) is 0 Å². The molecule has 0 heterocycles. The number of benzene rings is 2. The van der Waals surface area contributed by atoms with Crippen LogP contribution < -0.4 is 0 Å². The third-order valence-corrected chi connectivity index (χ3v) is 6.31. The molecule has 1 unspecified atom stereocenters. The van der Waals surface area contributed by atoms with Gasteiger partial charge in [-0.2, -0.15) is 5.26 Å². The molecule has 2 aromatic carbocycles. The second-order valence-corrected chi connectivity index (χ2v) is 7.89. The molecule has 1 heteroatoms. The maximum atomic E-state index is 10.0. The number of hydrogen-bond acceptors (Lipinski definition) is 1. The standard InChI is InChI=1S/C24H27N/c1-17-9-8-14-20-21(18-10-4-2-5-11-18)15-22(23(16-25)24(17)20)19-12-6-3-7-13-19/h2,4-5,10-11,15,17,19H,3,6-9,12-14H2,1H3. The minimum absolute atomic E-state index is 0.504. The summed E-state index contributed by atoms with van der Waals surface area (Å²) in [5, 5.41) is 10.0. The molecule has 0 aliphatic heterocycles. The van der Waals surface area contributed by atoms with E-state index in [4.69, 9.17) is 0 Å². The lowest BCUT2D eigenvalue weighted by molar-refractivity contribution is 0.442. The van der Waals surface area contributed by atoms with Gasteiger partial charge in [-0.15, -0.1) is 0 Å². The van der Waals surface area contributed by atoms with Crippen molar-refractivity contribution in [3.05, 3.63) is 58.7 Å². The van der Waals surface area contributed by atoms with E-state index in [2.05, 4.69) is 49.4 Å². The van der Waals surface area contributed by atoms with Gasteiger partial charge in [0.25, 0.3) is 0 Å². The van der Waals surface area contributed by atoms with E-state index < -0.39 is 0 Å². The topological polar surface area (TPSA) is 23.8 Å². The van der Waals surface area contributed by atoms with Gasteiger partial charge in [0.15, 0.2) is 0 Å². The SMILES string of the molecule is CC1CCCc2c(-c3ccccc3)cc(C3CCCCC3)c(C#N)c21. The monoisotopic (exact) mass is 329 g/mol. The van der Waals surface area contributed by atoms with Crippen LogP contribution in [0, 0.1) is 11.3 Å². The van der Waals surface area contributed by atoms with Gasteiger partial charge in [-0.25, -0.2) is 0 Å². The summed E-state index contributed by atoms with van der Waals surface area (Å²) in [5.41, 5.74) is 7.88. The molecular weight excluding hydrogens is 302 g/mol. The Morgan fingerprint density at radius 3 is 2.44 bits per heavy atom. The van der Waals surface area contributed by atoms with Crippen molar-refractivity contribution in [3.63, 3.8) is 0 Å². The van der Waals surface area contributed by atoms with E-state index >= 15 is 0 Å². The summed E-state index contributed by atoms with van der Waals surface area (Å²) >= 11 is 0. The first-order valence-electron chi connectivity index (χ1n) is 9.94. The van der Waals surface area contributed by atoms with Crippen LogP contribution in [0.2, 0.25) is 0 Å². The van der Waals surface area contributed by atoms with Crippen molar-refractivity contribution in [1.82, 2.24) is 0 Å². The Labute approximate surface area is 151 Å². The zero-order valence-electron chi connectivity index (χ0n) is 15.2. The van der Waals surface area contributed by atoms with Crippen molar-refractivity contribution in [2.45, 2.75) is 70.1 Å². The zero-order chi connectivity index (χ0) is 17.2. The molecule has 0 saturated heterocycles. The summed E-state index contributed by atoms with van der Waals surface area (Å²) in [7, 11) is 0. The lowest BCUT2D eigenvalue weighted by atomic mass is 9.73. The average Bonchev–Trinajstić information content (AvgIpc) is 2.68. The van der Waals surface area contributed by atoms with Crippen molar-refractivity contribution in [3.8, 4) is 17.2 Å². The van der Waals surface area contributed by atoms with Crippen LogP contribution in [0.3, 0.4) is 0 Å². The molecule has 1 fully saturated rings. The molecule has 25 heavy (non-hydrogen) atoms. The number of fused-ring (bicyclic) bond motifs is 1. The largest absolute Gasteiger partial charge is 0.192 e. The fraction of sp³-hybridized carbons (Fsp3) is 0.458. The zero-order valence-corrected chi connectivity index (χ0v) is 15.2. The second-order valence-electron chi connectivity index (χ2n) is 7.89. The molecule has 0 spiro atoms. The van der Waals surface area contributed by atoms with Crippen LogP contribution in [-0.2, 0) is 6.42 Å². The van der Waals surface area contributed by atoms with Gasteiger partial charge in [-0.1, -0.05) is 56.5 Å². The van der Waals surface area contributed by atoms with Crippen LogP contribution in [0.4, 0.5) is 0 Å². The highest BCUT2D eigenvalue weighted by Crippen LogP contribution is 2.44. The van der Waals surface area contributed by atoms with Gasteiger partial charge in [0.1, 0.15) is 0 Å². The van der Waals surface area contributed by atoms with Gasteiger partial charge < -0.3 is 0 Å². The summed E-state index contributed by atoms with van der Waals surface area (Å²) < 4.78 is 0. The number of hydrogen-bond donors (Lipinski definition) is 0. The minimum Gasteiger partial charge on any atom is -0.192 e. The van der Waals surface area contributed by atoms with Crippen LogP contribution in [0.15, 0.2) is 36.4 Å². The maximum Gasteiger partial charge on any atom is 0.0997 e. The Kier molecular flexibility index (Phi) is 4.62. The predicted molar refractivity (Wildman–Crippen MR) is 104 cm³/mol. The van der Waals surface area contributed by atoms with Gasteiger partial charge in [0.2, 0.25) is 0 Å². The first-order valence-corrected chi connectivity index (χ1v) is 9.94. The molecular formula is C24H27N. The number of nitriles is 1. The van der Waals surface area contributed by atoms with Crippen molar-refractivity contribution in [2.75, 3.05) is 0 Å². The summed E-state index contributed by atoms with van der Waals surface area (Å²) in [5.74, 6) is 1.08. The first-order chi connectivity index (χ1) is 12.3. The van der Waals surface area contributed by atoms with Crippen molar-refractivity contribution in [1.29, 1.82) is 5.26 Å². The third kappa shape index (κ3) is 2.99. The van der Waals surface area contributed by atoms with Crippen LogP contribution in [-0.4, -0.2) is 0 Å². The summed E-state index contributed by atoms with van der Waals surface area (Å²) in [4.78, 5) is 0. The lowest BCUT2D eigenvalue weighted by Gasteiger charge is -2.31. The molecule has 0 aromatic heterocycles. The second kappa shape index (κ2) is 7.04. The Morgan fingerprint density at radius 1 is 0.960 bits per heavy atom. The van der Waals surface area contributed by atoms with Gasteiger partial charge in [-0.3, -0.25) is 0 Å². The normalized spacial score (nSPS) is 20.7. The third-order valence-electron chi connectivity index (χ3n) is 6.31. The highest BCUT2D eigenvalue weighted by atomic mass is 14.3. The van der Waals surface area contributed by atoms with Crippen LogP contribution in [0.1, 0.15) is 86.0 Å². The molecule has 1 atom stereocenters. The Balaban J connectivity index is 1.95. The smallest absolute Gasteiger partial charge is 0.0997 e. The fourth-order valence-corrected chi connectivity index (χ4v) is 5.04. The van der Waals surface area contributed by atoms with Crippen LogP contribution >= 0.6 is 0 Å². The summed E-state index contributed by atoms with van der Waals surface area (Å²) in [6.45, 7) is 2.32. The average molecular weight is 329 g/mol. The van der Waals surface area contributed by atoms with Gasteiger partial charge in [0.05, 0.1) is 11.6 Å². The summed E-state index contributed by atoms with van der Waals surface area (Å²) in [6.07, 6.45) is 10.0. The molecule has 1 saturated carbocycles. The highest BCUT2D eigenvalue weighted by molar-refractivity contribution is 5.73. The predicted octanol–water partition coefficient (Wildman–Crippen LogP) is 6.71. The fourth-order valence-electron chi connectivity index (χ4n) is 5.04. The highest BCUT2D eigenvalue weighted by Gasteiger charge is 2.28. The molecule has 2 aromatic rings. The number of nitrogens with zero attached hydrogens (tertiary/aromatic N) is 1. The molecule has 0 N–H and O–H groups in total. The van der Waals surface area contributed by atoms with E-state index in [0.717, 1.165) is 12.0 Å². The van der Waals surface area contributed by atoms with Crippen LogP contribution in [0.25, 0.3) is 11.1 Å². The first kappa shape index (κ1) is 16.4. The maximum absolute atomic E-state index is 10.0. The molecule has 1 nitrogen and oxygen atoms in total. The van der Waals surface area contributed by atoms with E-state index in [0.29, 0.717) is 11.8 Å². The van der Waals surface area contributed by atoms with E-state index in [9.17, 15) is 5.26 Å². The molecule has 128 valence electrons.